The van der Waals surface area contributed by atoms with Gasteiger partial charge in [-0.15, -0.1) is 0 Å². The number of rotatable bonds is 2. The largest absolute Gasteiger partial charge is 0.354 e. The third kappa shape index (κ3) is 2.73. The molecular weight excluding hydrogens is 202 g/mol. The molecule has 3 unspecified atom stereocenters. The van der Waals surface area contributed by atoms with Crippen molar-refractivity contribution in [3.05, 3.63) is 0 Å². The molecule has 0 aromatic carbocycles. The molecule has 2 rings (SSSR count). The zero-order chi connectivity index (χ0) is 11.4. The molecule has 1 aliphatic carbocycles. The summed E-state index contributed by atoms with van der Waals surface area (Å²) in [5.41, 5.74) is 0. The number of carbonyl (C=O) groups excluding carboxylic acids is 1. The highest BCUT2D eigenvalue weighted by Crippen LogP contribution is 2.23. The summed E-state index contributed by atoms with van der Waals surface area (Å²) >= 11 is 0. The third-order valence-electron chi connectivity index (χ3n) is 3.61. The van der Waals surface area contributed by atoms with Crippen LogP contribution in [0.4, 0.5) is 0 Å². The van der Waals surface area contributed by atoms with Gasteiger partial charge in [0, 0.05) is 25.0 Å². The quantitative estimate of drug-likeness (QED) is 0.682. The number of hydrogen-bond donors (Lipinski definition) is 2. The summed E-state index contributed by atoms with van der Waals surface area (Å²) < 4.78 is 0. The van der Waals surface area contributed by atoms with Gasteiger partial charge in [0.15, 0.2) is 0 Å². The Bertz CT molecular complexity index is 297. The van der Waals surface area contributed by atoms with E-state index in [4.69, 9.17) is 5.26 Å². The summed E-state index contributed by atoms with van der Waals surface area (Å²) in [7, 11) is 0. The summed E-state index contributed by atoms with van der Waals surface area (Å²) in [5, 5.41) is 15.4. The van der Waals surface area contributed by atoms with Gasteiger partial charge in [0.25, 0.3) is 0 Å². The molecular formula is C12H19N3O. The molecule has 4 nitrogen and oxygen atoms in total. The molecule has 1 aliphatic heterocycles. The zero-order valence-electron chi connectivity index (χ0n) is 9.54. The average Bonchev–Trinajstić information content (AvgIpc) is 2.56. The first-order valence-corrected chi connectivity index (χ1v) is 6.22. The first kappa shape index (κ1) is 11.4. The van der Waals surface area contributed by atoms with Gasteiger partial charge in [-0.1, -0.05) is 19.3 Å². The smallest absolute Gasteiger partial charge is 0.221 e. The van der Waals surface area contributed by atoms with E-state index in [9.17, 15) is 4.79 Å². The van der Waals surface area contributed by atoms with E-state index in [1.54, 1.807) is 0 Å². The molecule has 1 heterocycles. The van der Waals surface area contributed by atoms with Gasteiger partial charge in [-0.05, 0) is 12.8 Å². The minimum Gasteiger partial charge on any atom is -0.354 e. The van der Waals surface area contributed by atoms with Crippen LogP contribution in [0.15, 0.2) is 0 Å². The van der Waals surface area contributed by atoms with Crippen LogP contribution in [0.1, 0.15) is 38.5 Å². The van der Waals surface area contributed by atoms with Gasteiger partial charge in [0.2, 0.25) is 5.91 Å². The molecule has 16 heavy (non-hydrogen) atoms. The highest BCUT2D eigenvalue weighted by molar-refractivity contribution is 5.78. The van der Waals surface area contributed by atoms with E-state index in [0.29, 0.717) is 13.0 Å². The fraction of sp³-hybridized carbons (Fsp3) is 0.833. The van der Waals surface area contributed by atoms with Gasteiger partial charge in [-0.2, -0.15) is 5.26 Å². The number of carbonyl (C=O) groups is 1. The van der Waals surface area contributed by atoms with E-state index in [2.05, 4.69) is 16.7 Å². The lowest BCUT2D eigenvalue weighted by Crippen LogP contribution is -2.43. The molecule has 1 saturated heterocycles. The second-order valence-electron chi connectivity index (χ2n) is 4.85. The summed E-state index contributed by atoms with van der Waals surface area (Å²) in [4.78, 5) is 11.1. The fourth-order valence-corrected chi connectivity index (χ4v) is 2.69. The minimum atomic E-state index is 0.123. The Morgan fingerprint density at radius 1 is 1.31 bits per heavy atom. The lowest BCUT2D eigenvalue weighted by atomic mass is 9.95. The van der Waals surface area contributed by atoms with Gasteiger partial charge >= 0.3 is 0 Å². The minimum absolute atomic E-state index is 0.123. The van der Waals surface area contributed by atoms with Crippen LogP contribution < -0.4 is 10.6 Å². The molecule has 0 aromatic rings. The molecule has 0 aromatic heterocycles. The average molecular weight is 221 g/mol. The first-order valence-electron chi connectivity index (χ1n) is 6.22. The molecule has 2 aliphatic rings. The molecule has 0 spiro atoms. The van der Waals surface area contributed by atoms with E-state index >= 15 is 0 Å². The molecule has 2 fully saturated rings. The second-order valence-corrected chi connectivity index (χ2v) is 4.85. The number of amides is 1. The number of nitrogens with one attached hydrogen (secondary N) is 2. The Morgan fingerprint density at radius 3 is 2.81 bits per heavy atom. The van der Waals surface area contributed by atoms with Crippen LogP contribution in [-0.4, -0.2) is 24.5 Å². The van der Waals surface area contributed by atoms with Crippen molar-refractivity contribution < 1.29 is 4.79 Å². The maximum atomic E-state index is 11.1. The molecule has 2 N–H and O–H groups in total. The SMILES string of the molecule is N#CC1CCCCCC1NC1CNC(=O)C1. The van der Waals surface area contributed by atoms with E-state index < -0.39 is 0 Å². The first-order chi connectivity index (χ1) is 7.79. The second kappa shape index (κ2) is 5.31. The van der Waals surface area contributed by atoms with Gasteiger partial charge in [-0.3, -0.25) is 4.79 Å². The highest BCUT2D eigenvalue weighted by Gasteiger charge is 2.28. The van der Waals surface area contributed by atoms with Crippen LogP contribution >= 0.6 is 0 Å². The van der Waals surface area contributed by atoms with E-state index in [0.717, 1.165) is 19.3 Å². The van der Waals surface area contributed by atoms with Gasteiger partial charge < -0.3 is 10.6 Å². The molecule has 88 valence electrons. The van der Waals surface area contributed by atoms with Crippen molar-refractivity contribution in [2.45, 2.75) is 50.6 Å². The van der Waals surface area contributed by atoms with E-state index in [-0.39, 0.29) is 23.9 Å². The number of nitrogens with zero attached hydrogens (tertiary/aromatic N) is 1. The van der Waals surface area contributed by atoms with Gasteiger partial charge in [0.1, 0.15) is 0 Å². The van der Waals surface area contributed by atoms with Crippen molar-refractivity contribution in [1.82, 2.24) is 10.6 Å². The van der Waals surface area contributed by atoms with Crippen LogP contribution in [0, 0.1) is 17.2 Å². The van der Waals surface area contributed by atoms with E-state index in [1.165, 1.54) is 12.8 Å². The van der Waals surface area contributed by atoms with Crippen molar-refractivity contribution in [3.8, 4) is 6.07 Å². The van der Waals surface area contributed by atoms with Gasteiger partial charge in [0.05, 0.1) is 12.0 Å². The van der Waals surface area contributed by atoms with Crippen molar-refractivity contribution in [3.63, 3.8) is 0 Å². The third-order valence-corrected chi connectivity index (χ3v) is 3.61. The van der Waals surface area contributed by atoms with Crippen LogP contribution in [0.2, 0.25) is 0 Å². The summed E-state index contributed by atoms with van der Waals surface area (Å²) in [5.74, 6) is 0.248. The summed E-state index contributed by atoms with van der Waals surface area (Å²) in [6.07, 6.45) is 6.24. The standard InChI is InChI=1S/C12H19N3O/c13-7-9-4-2-1-3-5-11(9)15-10-6-12(16)14-8-10/h9-11,15H,1-6,8H2,(H,14,16). The molecule has 0 bridgehead atoms. The van der Waals surface area contributed by atoms with Crippen LogP contribution in [0.5, 0.6) is 0 Å². The van der Waals surface area contributed by atoms with Crippen LogP contribution in [0.3, 0.4) is 0 Å². The lowest BCUT2D eigenvalue weighted by molar-refractivity contribution is -0.119. The summed E-state index contributed by atoms with van der Waals surface area (Å²) in [6, 6.07) is 2.92. The maximum absolute atomic E-state index is 11.1. The normalized spacial score (nSPS) is 35.2. The van der Waals surface area contributed by atoms with Crippen molar-refractivity contribution >= 4 is 5.91 Å². The summed E-state index contributed by atoms with van der Waals surface area (Å²) in [6.45, 7) is 0.716. The Labute approximate surface area is 96.4 Å². The Hall–Kier alpha value is -1.08. The Morgan fingerprint density at radius 2 is 2.12 bits per heavy atom. The Kier molecular flexibility index (Phi) is 3.79. The zero-order valence-corrected chi connectivity index (χ0v) is 9.54. The van der Waals surface area contributed by atoms with Crippen molar-refractivity contribution in [2.24, 2.45) is 5.92 Å². The Balaban J connectivity index is 1.90. The van der Waals surface area contributed by atoms with Crippen LogP contribution in [0.25, 0.3) is 0 Å². The van der Waals surface area contributed by atoms with Crippen molar-refractivity contribution in [2.75, 3.05) is 6.54 Å². The van der Waals surface area contributed by atoms with Crippen molar-refractivity contribution in [1.29, 1.82) is 5.26 Å². The number of nitriles is 1. The predicted molar refractivity (Wildman–Crippen MR) is 60.5 cm³/mol. The lowest BCUT2D eigenvalue weighted by Gasteiger charge is -2.24. The monoisotopic (exact) mass is 221 g/mol. The topological polar surface area (TPSA) is 64.9 Å². The predicted octanol–water partition coefficient (Wildman–Crippen LogP) is 0.937. The molecule has 0 radical (unpaired) electrons. The maximum Gasteiger partial charge on any atom is 0.221 e. The highest BCUT2D eigenvalue weighted by atomic mass is 16.1. The van der Waals surface area contributed by atoms with Gasteiger partial charge in [-0.25, -0.2) is 0 Å². The number of hydrogen-bond acceptors (Lipinski definition) is 3. The molecule has 3 atom stereocenters. The molecule has 1 amide bonds. The fourth-order valence-electron chi connectivity index (χ4n) is 2.69. The molecule has 4 heteroatoms. The van der Waals surface area contributed by atoms with Crippen LogP contribution in [-0.2, 0) is 4.79 Å². The van der Waals surface area contributed by atoms with E-state index in [1.807, 2.05) is 0 Å². The molecule has 1 saturated carbocycles.